The second kappa shape index (κ2) is 7.94. The number of carboxylic acids is 1. The molecule has 1 aromatic carbocycles. The summed E-state index contributed by atoms with van der Waals surface area (Å²) < 4.78 is 48.2. The second-order valence-electron chi connectivity index (χ2n) is 5.24. The van der Waals surface area contributed by atoms with Gasteiger partial charge in [-0.25, -0.2) is 4.79 Å². The van der Waals surface area contributed by atoms with Crippen LogP contribution in [0.2, 0.25) is 0 Å². The van der Waals surface area contributed by atoms with E-state index in [0.717, 1.165) is 18.2 Å². The van der Waals surface area contributed by atoms with Gasteiger partial charge in [-0.15, -0.1) is 0 Å². The van der Waals surface area contributed by atoms with Crippen molar-refractivity contribution in [3.05, 3.63) is 53.0 Å². The zero-order valence-corrected chi connectivity index (χ0v) is 13.7. The Morgan fingerprint density at radius 3 is 2.58 bits per heavy atom. The summed E-state index contributed by atoms with van der Waals surface area (Å²) in [6.07, 6.45) is -4.15. The number of benzene rings is 1. The number of nitrogens with one attached hydrogen (secondary N) is 1. The number of halogens is 3. The minimum absolute atomic E-state index is 0.000355. The highest BCUT2D eigenvalue weighted by Crippen LogP contribution is 2.31. The highest BCUT2D eigenvalue weighted by atomic mass is 19.4. The Morgan fingerprint density at radius 2 is 2.00 bits per heavy atom. The van der Waals surface area contributed by atoms with Crippen LogP contribution >= 0.6 is 0 Å². The maximum Gasteiger partial charge on any atom is 0.416 e. The number of furan rings is 1. The quantitative estimate of drug-likeness (QED) is 0.729. The highest BCUT2D eigenvalue weighted by Gasteiger charge is 2.30. The fourth-order valence-corrected chi connectivity index (χ4v) is 2.17. The highest BCUT2D eigenvalue weighted by molar-refractivity contribution is 5.96. The molecule has 6 nitrogen and oxygen atoms in total. The van der Waals surface area contributed by atoms with E-state index >= 15 is 0 Å². The van der Waals surface area contributed by atoms with E-state index in [0.29, 0.717) is 6.42 Å². The van der Waals surface area contributed by atoms with E-state index in [9.17, 15) is 22.8 Å². The molecule has 0 radical (unpaired) electrons. The number of aryl methyl sites for hydroxylation is 1. The van der Waals surface area contributed by atoms with Crippen LogP contribution in [0.3, 0.4) is 0 Å². The molecule has 0 unspecified atom stereocenters. The van der Waals surface area contributed by atoms with Gasteiger partial charge in [-0.2, -0.15) is 13.2 Å². The molecule has 0 aliphatic heterocycles. The molecular weight excluding hydrogens is 355 g/mol. The van der Waals surface area contributed by atoms with Crippen LogP contribution in [0.5, 0.6) is 5.75 Å². The molecule has 9 heteroatoms. The number of amides is 1. The van der Waals surface area contributed by atoms with E-state index in [1.807, 2.05) is 0 Å². The SMILES string of the molecule is CCc1oc(C(=O)NCCOc2cccc(C(F)(F)F)c2)cc1C(=O)O. The van der Waals surface area contributed by atoms with E-state index in [2.05, 4.69) is 5.32 Å². The third kappa shape index (κ3) is 4.78. The van der Waals surface area contributed by atoms with Gasteiger partial charge in [0.1, 0.15) is 23.7 Å². The van der Waals surface area contributed by atoms with Crippen molar-refractivity contribution in [1.29, 1.82) is 0 Å². The van der Waals surface area contributed by atoms with Crippen LogP contribution < -0.4 is 10.1 Å². The predicted octanol–water partition coefficient (Wildman–Crippen LogP) is 3.37. The van der Waals surface area contributed by atoms with Crippen molar-refractivity contribution in [3.8, 4) is 5.75 Å². The maximum atomic E-state index is 12.6. The summed E-state index contributed by atoms with van der Waals surface area (Å²) in [7, 11) is 0. The van der Waals surface area contributed by atoms with Crippen LogP contribution in [0.1, 0.15) is 39.2 Å². The van der Waals surface area contributed by atoms with E-state index in [-0.39, 0.29) is 36.0 Å². The first-order chi connectivity index (χ1) is 12.2. The number of carbonyl (C=O) groups excluding carboxylic acids is 1. The summed E-state index contributed by atoms with van der Waals surface area (Å²) in [4.78, 5) is 23.0. The molecular formula is C17H16F3NO5. The van der Waals surface area contributed by atoms with E-state index in [1.54, 1.807) is 6.92 Å². The third-order valence-corrected chi connectivity index (χ3v) is 3.40. The number of aromatic carboxylic acids is 1. The molecule has 1 aromatic heterocycles. The van der Waals surface area contributed by atoms with E-state index < -0.39 is 23.6 Å². The molecule has 2 N–H and O–H groups in total. The van der Waals surface area contributed by atoms with Gasteiger partial charge < -0.3 is 19.6 Å². The first kappa shape index (κ1) is 19.4. The van der Waals surface area contributed by atoms with Crippen molar-refractivity contribution in [2.24, 2.45) is 0 Å². The van der Waals surface area contributed by atoms with Gasteiger partial charge in [0, 0.05) is 12.5 Å². The van der Waals surface area contributed by atoms with Gasteiger partial charge in [0.15, 0.2) is 5.76 Å². The Hall–Kier alpha value is -2.97. The number of alkyl halides is 3. The van der Waals surface area contributed by atoms with Gasteiger partial charge in [-0.1, -0.05) is 13.0 Å². The summed E-state index contributed by atoms with van der Waals surface area (Å²) in [5, 5.41) is 11.5. The summed E-state index contributed by atoms with van der Waals surface area (Å²) in [5.41, 5.74) is -0.916. The predicted molar refractivity (Wildman–Crippen MR) is 84.3 cm³/mol. The summed E-state index contributed by atoms with van der Waals surface area (Å²) >= 11 is 0. The Morgan fingerprint density at radius 1 is 1.27 bits per heavy atom. The van der Waals surface area contributed by atoms with Crippen LogP contribution in [0.15, 0.2) is 34.7 Å². The van der Waals surface area contributed by atoms with Crippen LogP contribution in [-0.2, 0) is 12.6 Å². The topological polar surface area (TPSA) is 88.8 Å². The van der Waals surface area contributed by atoms with Gasteiger partial charge in [0.25, 0.3) is 5.91 Å². The fourth-order valence-electron chi connectivity index (χ4n) is 2.17. The van der Waals surface area contributed by atoms with Gasteiger partial charge in [0.05, 0.1) is 12.1 Å². The van der Waals surface area contributed by atoms with Crippen LogP contribution in [-0.4, -0.2) is 30.1 Å². The normalized spacial score (nSPS) is 11.2. The van der Waals surface area contributed by atoms with Crippen molar-refractivity contribution in [2.45, 2.75) is 19.5 Å². The summed E-state index contributed by atoms with van der Waals surface area (Å²) in [6, 6.07) is 5.51. The van der Waals surface area contributed by atoms with Gasteiger partial charge in [-0.05, 0) is 18.2 Å². The Kier molecular flexibility index (Phi) is 5.91. The zero-order chi connectivity index (χ0) is 19.3. The van der Waals surface area contributed by atoms with E-state index in [1.165, 1.54) is 12.1 Å². The number of carboxylic acid groups (broad SMARTS) is 1. The minimum Gasteiger partial charge on any atom is -0.492 e. The van der Waals surface area contributed by atoms with Crippen molar-refractivity contribution in [2.75, 3.05) is 13.2 Å². The smallest absolute Gasteiger partial charge is 0.416 e. The largest absolute Gasteiger partial charge is 0.492 e. The van der Waals surface area contributed by atoms with Gasteiger partial charge in [-0.3, -0.25) is 4.79 Å². The molecule has 1 amide bonds. The van der Waals surface area contributed by atoms with Crippen LogP contribution in [0.25, 0.3) is 0 Å². The first-order valence-corrected chi connectivity index (χ1v) is 7.66. The van der Waals surface area contributed by atoms with Crippen molar-refractivity contribution in [1.82, 2.24) is 5.32 Å². The average Bonchev–Trinajstić information content (AvgIpc) is 3.03. The van der Waals surface area contributed by atoms with Crippen molar-refractivity contribution < 1.29 is 37.0 Å². The second-order valence-corrected chi connectivity index (χ2v) is 5.24. The Bertz CT molecular complexity index is 798. The van der Waals surface area contributed by atoms with Gasteiger partial charge >= 0.3 is 12.1 Å². The van der Waals surface area contributed by atoms with E-state index in [4.69, 9.17) is 14.3 Å². The summed E-state index contributed by atoms with van der Waals surface area (Å²) in [6.45, 7) is 1.62. The fraction of sp³-hybridized carbons (Fsp3) is 0.294. The molecule has 26 heavy (non-hydrogen) atoms. The molecule has 140 valence electrons. The number of hydrogen-bond acceptors (Lipinski definition) is 4. The molecule has 0 saturated carbocycles. The molecule has 0 saturated heterocycles. The summed E-state index contributed by atoms with van der Waals surface area (Å²) in [5.74, 6) is -1.79. The lowest BCUT2D eigenvalue weighted by molar-refractivity contribution is -0.137. The molecule has 0 aliphatic carbocycles. The number of carbonyl (C=O) groups is 2. The third-order valence-electron chi connectivity index (χ3n) is 3.40. The minimum atomic E-state index is -4.47. The molecule has 2 rings (SSSR count). The van der Waals surface area contributed by atoms with Gasteiger partial charge in [0.2, 0.25) is 0 Å². The molecule has 0 atom stereocenters. The number of rotatable bonds is 7. The van der Waals surface area contributed by atoms with Crippen LogP contribution in [0.4, 0.5) is 13.2 Å². The van der Waals surface area contributed by atoms with Crippen LogP contribution in [0, 0.1) is 0 Å². The maximum absolute atomic E-state index is 12.6. The zero-order valence-electron chi connectivity index (χ0n) is 13.7. The molecule has 0 fully saturated rings. The standard InChI is InChI=1S/C17H16F3NO5/c1-2-13-12(16(23)24)9-14(26-13)15(22)21-6-7-25-11-5-3-4-10(8-11)17(18,19)20/h3-5,8-9H,2,6-7H2,1H3,(H,21,22)(H,23,24). The average molecular weight is 371 g/mol. The lowest BCUT2D eigenvalue weighted by Gasteiger charge is -2.10. The number of hydrogen-bond donors (Lipinski definition) is 2. The molecule has 2 aromatic rings. The first-order valence-electron chi connectivity index (χ1n) is 7.66. The van der Waals surface area contributed by atoms with Crippen molar-refractivity contribution in [3.63, 3.8) is 0 Å². The lowest BCUT2D eigenvalue weighted by Crippen LogP contribution is -2.27. The lowest BCUT2D eigenvalue weighted by atomic mass is 10.2. The monoisotopic (exact) mass is 371 g/mol. The van der Waals surface area contributed by atoms with Crippen molar-refractivity contribution >= 4 is 11.9 Å². The Labute approximate surface area is 146 Å². The number of ether oxygens (including phenoxy) is 1. The molecule has 0 bridgehead atoms. The molecule has 0 aliphatic rings. The molecule has 0 spiro atoms. The molecule has 1 heterocycles. The Balaban J connectivity index is 1.88.